The lowest BCUT2D eigenvalue weighted by molar-refractivity contribution is 0.102. The summed E-state index contributed by atoms with van der Waals surface area (Å²) in [7, 11) is 0. The fourth-order valence-electron chi connectivity index (χ4n) is 2.90. The van der Waals surface area contributed by atoms with Crippen LogP contribution >= 0.6 is 0 Å². The second kappa shape index (κ2) is 6.95. The van der Waals surface area contributed by atoms with Crippen LogP contribution in [0.15, 0.2) is 36.4 Å². The van der Waals surface area contributed by atoms with Crippen LogP contribution in [-0.4, -0.2) is 18.6 Å². The van der Waals surface area contributed by atoms with Gasteiger partial charge in [-0.2, -0.15) is 0 Å². The summed E-state index contributed by atoms with van der Waals surface area (Å²) >= 11 is 0. The maximum absolute atomic E-state index is 12.5. The van der Waals surface area contributed by atoms with Gasteiger partial charge in [-0.25, -0.2) is 0 Å². The summed E-state index contributed by atoms with van der Waals surface area (Å²) in [4.78, 5) is 12.5. The summed E-state index contributed by atoms with van der Waals surface area (Å²) in [6.45, 7) is 6.60. The molecule has 2 aromatic carbocycles. The second-order valence-corrected chi connectivity index (χ2v) is 6.03. The van der Waals surface area contributed by atoms with Crippen molar-refractivity contribution >= 4 is 11.6 Å². The molecule has 0 spiro atoms. The molecule has 1 aliphatic heterocycles. The molecule has 0 radical (unpaired) electrons. The van der Waals surface area contributed by atoms with Gasteiger partial charge < -0.3 is 14.8 Å². The van der Waals surface area contributed by atoms with Crippen LogP contribution in [0.1, 0.15) is 42.3 Å². The van der Waals surface area contributed by atoms with Crippen LogP contribution in [0, 0.1) is 0 Å². The predicted octanol–water partition coefficient (Wildman–Crippen LogP) is 4.22. The van der Waals surface area contributed by atoms with E-state index in [9.17, 15) is 4.79 Å². The average Bonchev–Trinajstić information content (AvgIpc) is 2.94. The summed E-state index contributed by atoms with van der Waals surface area (Å²) in [5, 5.41) is 2.95. The van der Waals surface area contributed by atoms with Crippen molar-refractivity contribution in [1.29, 1.82) is 0 Å². The molecule has 1 atom stereocenters. The van der Waals surface area contributed by atoms with Gasteiger partial charge in [0, 0.05) is 23.6 Å². The molecule has 0 unspecified atom stereocenters. The van der Waals surface area contributed by atoms with E-state index in [0.29, 0.717) is 23.6 Å². The smallest absolute Gasteiger partial charge is 0.255 e. The number of fused-ring (bicyclic) bond motifs is 1. The zero-order valence-electron chi connectivity index (χ0n) is 14.4. The molecule has 0 saturated carbocycles. The van der Waals surface area contributed by atoms with Crippen LogP contribution in [-0.2, 0) is 12.8 Å². The number of nitrogens with one attached hydrogen (secondary N) is 1. The summed E-state index contributed by atoms with van der Waals surface area (Å²) in [6, 6.07) is 11.5. The first kappa shape index (κ1) is 16.4. The van der Waals surface area contributed by atoms with Gasteiger partial charge in [-0.15, -0.1) is 0 Å². The first-order valence-electron chi connectivity index (χ1n) is 8.47. The number of hydrogen-bond acceptors (Lipinski definition) is 3. The van der Waals surface area contributed by atoms with Crippen LogP contribution in [0.25, 0.3) is 0 Å². The van der Waals surface area contributed by atoms with Crippen LogP contribution < -0.4 is 14.8 Å². The first-order valence-corrected chi connectivity index (χ1v) is 8.47. The van der Waals surface area contributed by atoms with Gasteiger partial charge >= 0.3 is 0 Å². The monoisotopic (exact) mass is 325 g/mol. The first-order chi connectivity index (χ1) is 11.6. The Morgan fingerprint density at radius 2 is 2.00 bits per heavy atom. The average molecular weight is 325 g/mol. The quantitative estimate of drug-likeness (QED) is 0.895. The highest BCUT2D eigenvalue weighted by Crippen LogP contribution is 2.38. The summed E-state index contributed by atoms with van der Waals surface area (Å²) < 4.78 is 11.5. The molecule has 0 aliphatic carbocycles. The molecule has 1 aliphatic rings. The highest BCUT2D eigenvalue weighted by atomic mass is 16.5. The third-order valence-corrected chi connectivity index (χ3v) is 4.17. The molecule has 1 amide bonds. The number of carbonyl (C=O) groups excluding carboxylic acids is 1. The fourth-order valence-corrected chi connectivity index (χ4v) is 2.90. The minimum atomic E-state index is -0.149. The number of hydrogen-bond donors (Lipinski definition) is 1. The van der Waals surface area contributed by atoms with Gasteiger partial charge in [-0.05, 0) is 44.0 Å². The molecule has 0 fully saturated rings. The topological polar surface area (TPSA) is 47.6 Å². The van der Waals surface area contributed by atoms with E-state index >= 15 is 0 Å². The molecular weight excluding hydrogens is 302 g/mol. The SMILES string of the molecule is CCOc1cc2c(cc1NC(=O)c1ccc(CC)cc1)O[C@H](C)C2. The zero-order valence-corrected chi connectivity index (χ0v) is 14.4. The number of aryl methyl sites for hydroxylation is 1. The number of rotatable bonds is 5. The van der Waals surface area contributed by atoms with Crippen molar-refractivity contribution in [2.75, 3.05) is 11.9 Å². The Morgan fingerprint density at radius 1 is 1.25 bits per heavy atom. The molecule has 4 heteroatoms. The van der Waals surface area contributed by atoms with E-state index in [1.165, 1.54) is 5.56 Å². The molecule has 1 N–H and O–H groups in total. The van der Waals surface area contributed by atoms with E-state index in [1.807, 2.05) is 50.2 Å². The normalized spacial score (nSPS) is 15.5. The van der Waals surface area contributed by atoms with Crippen molar-refractivity contribution in [2.24, 2.45) is 0 Å². The number of anilines is 1. The Hall–Kier alpha value is -2.49. The predicted molar refractivity (Wildman–Crippen MR) is 95.2 cm³/mol. The van der Waals surface area contributed by atoms with Crippen LogP contribution in [0.3, 0.4) is 0 Å². The van der Waals surface area contributed by atoms with Crippen LogP contribution in [0.5, 0.6) is 11.5 Å². The molecule has 126 valence electrons. The summed E-state index contributed by atoms with van der Waals surface area (Å²) in [5.74, 6) is 1.36. The van der Waals surface area contributed by atoms with Gasteiger partial charge in [0.15, 0.2) is 0 Å². The highest BCUT2D eigenvalue weighted by molar-refractivity contribution is 6.05. The number of carbonyl (C=O) groups is 1. The minimum Gasteiger partial charge on any atom is -0.492 e. The number of ether oxygens (including phenoxy) is 2. The van der Waals surface area contributed by atoms with Crippen molar-refractivity contribution in [3.8, 4) is 11.5 Å². The molecular formula is C20H23NO3. The van der Waals surface area contributed by atoms with Crippen LogP contribution in [0.4, 0.5) is 5.69 Å². The fraction of sp³-hybridized carbons (Fsp3) is 0.350. The maximum atomic E-state index is 12.5. The van der Waals surface area contributed by atoms with E-state index in [4.69, 9.17) is 9.47 Å². The molecule has 0 aromatic heterocycles. The Kier molecular flexibility index (Phi) is 4.74. The Bertz CT molecular complexity index is 737. The van der Waals surface area contributed by atoms with Gasteiger partial charge in [0.2, 0.25) is 0 Å². The van der Waals surface area contributed by atoms with E-state index in [-0.39, 0.29) is 12.0 Å². The standard InChI is InChI=1S/C20H23NO3/c1-4-14-6-8-15(9-7-14)20(22)21-17-12-18-16(10-13(3)24-18)11-19(17)23-5-2/h6-9,11-13H,4-5,10H2,1-3H3,(H,21,22)/t13-/m1/s1. The van der Waals surface area contributed by atoms with Gasteiger partial charge in [0.05, 0.1) is 12.3 Å². The summed E-state index contributed by atoms with van der Waals surface area (Å²) in [6.07, 6.45) is 1.97. The van der Waals surface area contributed by atoms with Crippen LogP contribution in [0.2, 0.25) is 0 Å². The van der Waals surface area contributed by atoms with E-state index in [1.54, 1.807) is 0 Å². The minimum absolute atomic E-state index is 0.149. The van der Waals surface area contributed by atoms with E-state index in [2.05, 4.69) is 12.2 Å². The van der Waals surface area contributed by atoms with Crippen molar-refractivity contribution < 1.29 is 14.3 Å². The lowest BCUT2D eigenvalue weighted by atomic mass is 10.1. The van der Waals surface area contributed by atoms with Crippen molar-refractivity contribution in [2.45, 2.75) is 39.7 Å². The van der Waals surface area contributed by atoms with E-state index in [0.717, 1.165) is 24.2 Å². The van der Waals surface area contributed by atoms with Crippen molar-refractivity contribution in [1.82, 2.24) is 0 Å². The van der Waals surface area contributed by atoms with Crippen molar-refractivity contribution in [3.63, 3.8) is 0 Å². The third kappa shape index (κ3) is 3.37. The zero-order chi connectivity index (χ0) is 17.1. The van der Waals surface area contributed by atoms with Crippen molar-refractivity contribution in [3.05, 3.63) is 53.1 Å². The second-order valence-electron chi connectivity index (χ2n) is 6.03. The van der Waals surface area contributed by atoms with E-state index < -0.39 is 0 Å². The van der Waals surface area contributed by atoms with Gasteiger partial charge in [0.25, 0.3) is 5.91 Å². The number of amides is 1. The molecule has 3 rings (SSSR count). The van der Waals surface area contributed by atoms with Gasteiger partial charge in [0.1, 0.15) is 17.6 Å². The maximum Gasteiger partial charge on any atom is 0.255 e. The molecule has 24 heavy (non-hydrogen) atoms. The largest absolute Gasteiger partial charge is 0.492 e. The van der Waals surface area contributed by atoms with Gasteiger partial charge in [-0.3, -0.25) is 4.79 Å². The molecule has 4 nitrogen and oxygen atoms in total. The Balaban J connectivity index is 1.85. The third-order valence-electron chi connectivity index (χ3n) is 4.17. The summed E-state index contributed by atoms with van der Waals surface area (Å²) in [5.41, 5.74) is 3.61. The molecule has 0 saturated heterocycles. The number of benzene rings is 2. The highest BCUT2D eigenvalue weighted by Gasteiger charge is 2.22. The lowest BCUT2D eigenvalue weighted by Crippen LogP contribution is -2.13. The Morgan fingerprint density at radius 3 is 2.67 bits per heavy atom. The molecule has 1 heterocycles. The molecule has 2 aromatic rings. The van der Waals surface area contributed by atoms with Gasteiger partial charge in [-0.1, -0.05) is 19.1 Å². The lowest BCUT2D eigenvalue weighted by Gasteiger charge is -2.13. The molecule has 0 bridgehead atoms. The Labute approximate surface area is 142 Å².